The zero-order valence-electron chi connectivity index (χ0n) is 10.2. The average molecular weight is 232 g/mol. The molecule has 1 aliphatic heterocycles. The molecule has 3 atom stereocenters. The largest absolute Gasteiger partial charge is 0.313 e. The molecule has 0 radical (unpaired) electrons. The van der Waals surface area contributed by atoms with Crippen LogP contribution in [0.4, 0.5) is 0 Å². The summed E-state index contributed by atoms with van der Waals surface area (Å²) in [7, 11) is -0.641. The molecule has 3 unspecified atom stereocenters. The zero-order chi connectivity index (χ0) is 11.3. The Morgan fingerprint density at radius 2 is 2.33 bits per heavy atom. The maximum Gasteiger partial charge on any atom is 0.0246 e. The van der Waals surface area contributed by atoms with Gasteiger partial charge in [0.2, 0.25) is 0 Å². The van der Waals surface area contributed by atoms with E-state index in [2.05, 4.69) is 24.1 Å². The van der Waals surface area contributed by atoms with E-state index >= 15 is 0 Å². The van der Waals surface area contributed by atoms with Crippen molar-refractivity contribution in [3.8, 4) is 0 Å². The van der Waals surface area contributed by atoms with E-state index in [1.807, 2.05) is 0 Å². The van der Waals surface area contributed by atoms with Crippen molar-refractivity contribution in [3.63, 3.8) is 0 Å². The van der Waals surface area contributed by atoms with Gasteiger partial charge in [0.1, 0.15) is 0 Å². The molecule has 1 saturated heterocycles. The van der Waals surface area contributed by atoms with Crippen LogP contribution >= 0.6 is 0 Å². The summed E-state index contributed by atoms with van der Waals surface area (Å²) in [6.45, 7) is 7.82. The van der Waals surface area contributed by atoms with E-state index in [0.29, 0.717) is 12.1 Å². The standard InChI is InChI=1S/C11H24N2OS/c1-4-12-11-5-7-13(9-11)10(2)6-8-15(3)14/h10-12H,4-9H2,1-3H3. The molecule has 0 aliphatic carbocycles. The molecule has 0 spiro atoms. The first-order valence-electron chi connectivity index (χ1n) is 5.91. The maximum absolute atomic E-state index is 11.0. The first-order chi connectivity index (χ1) is 7.13. The van der Waals surface area contributed by atoms with Gasteiger partial charge in [0.15, 0.2) is 0 Å². The first-order valence-corrected chi connectivity index (χ1v) is 7.63. The molecule has 0 aromatic carbocycles. The van der Waals surface area contributed by atoms with Crippen molar-refractivity contribution in [2.45, 2.75) is 38.8 Å². The van der Waals surface area contributed by atoms with Gasteiger partial charge < -0.3 is 5.32 Å². The Morgan fingerprint density at radius 1 is 1.60 bits per heavy atom. The Kier molecular flexibility index (Phi) is 5.79. The maximum atomic E-state index is 11.0. The van der Waals surface area contributed by atoms with E-state index in [0.717, 1.165) is 25.3 Å². The van der Waals surface area contributed by atoms with Crippen molar-refractivity contribution in [1.29, 1.82) is 0 Å². The molecular weight excluding hydrogens is 208 g/mol. The minimum Gasteiger partial charge on any atom is -0.313 e. The van der Waals surface area contributed by atoms with E-state index in [9.17, 15) is 4.21 Å². The zero-order valence-corrected chi connectivity index (χ0v) is 11.0. The van der Waals surface area contributed by atoms with Crippen molar-refractivity contribution < 1.29 is 4.21 Å². The molecule has 0 saturated carbocycles. The highest BCUT2D eigenvalue weighted by atomic mass is 32.2. The third kappa shape index (κ3) is 4.62. The smallest absolute Gasteiger partial charge is 0.0246 e. The van der Waals surface area contributed by atoms with Gasteiger partial charge in [-0.05, 0) is 26.3 Å². The van der Waals surface area contributed by atoms with E-state index in [1.54, 1.807) is 6.26 Å². The van der Waals surface area contributed by atoms with Gasteiger partial charge in [-0.15, -0.1) is 0 Å². The molecule has 0 bridgehead atoms. The van der Waals surface area contributed by atoms with Gasteiger partial charge in [0.05, 0.1) is 0 Å². The average Bonchev–Trinajstić information content (AvgIpc) is 2.63. The molecule has 3 nitrogen and oxygen atoms in total. The van der Waals surface area contributed by atoms with Crippen LogP contribution in [0.1, 0.15) is 26.7 Å². The summed E-state index contributed by atoms with van der Waals surface area (Å²) in [5.41, 5.74) is 0. The Balaban J connectivity index is 2.23. The van der Waals surface area contributed by atoms with Gasteiger partial charge in [-0.25, -0.2) is 0 Å². The molecule has 1 N–H and O–H groups in total. The number of nitrogens with one attached hydrogen (secondary N) is 1. The Bertz CT molecular complexity index is 211. The highest BCUT2D eigenvalue weighted by Crippen LogP contribution is 2.14. The number of nitrogens with zero attached hydrogens (tertiary/aromatic N) is 1. The Morgan fingerprint density at radius 3 is 2.93 bits per heavy atom. The minimum atomic E-state index is -0.641. The molecule has 0 aromatic rings. The van der Waals surface area contributed by atoms with Gasteiger partial charge in [-0.3, -0.25) is 9.11 Å². The van der Waals surface area contributed by atoms with Crippen LogP contribution in [0, 0.1) is 0 Å². The molecule has 15 heavy (non-hydrogen) atoms. The topological polar surface area (TPSA) is 32.3 Å². The van der Waals surface area contributed by atoms with Crippen molar-refractivity contribution in [3.05, 3.63) is 0 Å². The summed E-state index contributed by atoms with van der Waals surface area (Å²) >= 11 is 0. The highest BCUT2D eigenvalue weighted by Gasteiger charge is 2.24. The summed E-state index contributed by atoms with van der Waals surface area (Å²) in [4.78, 5) is 2.51. The van der Waals surface area contributed by atoms with Crippen molar-refractivity contribution in [2.24, 2.45) is 0 Å². The third-order valence-corrected chi connectivity index (χ3v) is 3.97. The van der Waals surface area contributed by atoms with Crippen molar-refractivity contribution in [1.82, 2.24) is 10.2 Å². The fraction of sp³-hybridized carbons (Fsp3) is 1.00. The number of rotatable bonds is 6. The Labute approximate surface area is 96.1 Å². The molecular formula is C11H24N2OS. The van der Waals surface area contributed by atoms with Crippen LogP contribution < -0.4 is 5.32 Å². The van der Waals surface area contributed by atoms with E-state index in [1.165, 1.54) is 13.0 Å². The first kappa shape index (κ1) is 13.1. The predicted molar refractivity (Wildman–Crippen MR) is 66.7 cm³/mol. The predicted octanol–water partition coefficient (Wildman–Crippen LogP) is 0.827. The van der Waals surface area contributed by atoms with E-state index in [4.69, 9.17) is 0 Å². The summed E-state index contributed by atoms with van der Waals surface area (Å²) in [5, 5.41) is 3.49. The number of hydrogen-bond acceptors (Lipinski definition) is 3. The van der Waals surface area contributed by atoms with Crippen LogP contribution in [0.3, 0.4) is 0 Å². The quantitative estimate of drug-likeness (QED) is 0.736. The molecule has 1 rings (SSSR count). The van der Waals surface area contributed by atoms with Crippen molar-refractivity contribution in [2.75, 3.05) is 31.6 Å². The van der Waals surface area contributed by atoms with Crippen LogP contribution in [0.25, 0.3) is 0 Å². The summed E-state index contributed by atoms with van der Waals surface area (Å²) in [6, 6.07) is 1.25. The van der Waals surface area contributed by atoms with Crippen LogP contribution in [-0.2, 0) is 10.8 Å². The van der Waals surface area contributed by atoms with Crippen LogP contribution in [0.5, 0.6) is 0 Å². The Hall–Kier alpha value is 0.0700. The van der Waals surface area contributed by atoms with Crippen molar-refractivity contribution >= 4 is 10.8 Å². The minimum absolute atomic E-state index is 0.581. The number of likely N-dealkylation sites (tertiary alicyclic amines) is 1. The number of hydrogen-bond donors (Lipinski definition) is 1. The molecule has 4 heteroatoms. The van der Waals surface area contributed by atoms with Gasteiger partial charge in [0, 0.05) is 48.0 Å². The highest BCUT2D eigenvalue weighted by molar-refractivity contribution is 7.84. The molecule has 1 heterocycles. The normalized spacial score (nSPS) is 26.7. The second kappa shape index (κ2) is 6.61. The molecule has 90 valence electrons. The monoisotopic (exact) mass is 232 g/mol. The van der Waals surface area contributed by atoms with Gasteiger partial charge in [0.25, 0.3) is 0 Å². The number of likely N-dealkylation sites (N-methyl/N-ethyl adjacent to an activating group) is 1. The summed E-state index contributed by atoms with van der Waals surface area (Å²) in [5.74, 6) is 0.837. The second-order valence-electron chi connectivity index (χ2n) is 4.45. The molecule has 0 aromatic heterocycles. The SMILES string of the molecule is CCNC1CCN(C(C)CCS(C)=O)C1. The summed E-state index contributed by atoms with van der Waals surface area (Å²) < 4.78 is 11.0. The van der Waals surface area contributed by atoms with Crippen LogP contribution in [-0.4, -0.2) is 52.8 Å². The van der Waals surface area contributed by atoms with Gasteiger partial charge in [-0.1, -0.05) is 6.92 Å². The second-order valence-corrected chi connectivity index (χ2v) is 6.01. The molecule has 0 amide bonds. The van der Waals surface area contributed by atoms with Crippen LogP contribution in [0.2, 0.25) is 0 Å². The molecule has 1 fully saturated rings. The lowest BCUT2D eigenvalue weighted by atomic mass is 10.2. The third-order valence-electron chi connectivity index (χ3n) is 3.16. The van der Waals surface area contributed by atoms with E-state index < -0.39 is 10.8 Å². The van der Waals surface area contributed by atoms with Gasteiger partial charge >= 0.3 is 0 Å². The lowest BCUT2D eigenvalue weighted by Crippen LogP contribution is -2.36. The lowest BCUT2D eigenvalue weighted by molar-refractivity contribution is 0.248. The van der Waals surface area contributed by atoms with Crippen LogP contribution in [0.15, 0.2) is 0 Å². The fourth-order valence-electron chi connectivity index (χ4n) is 2.16. The summed E-state index contributed by atoms with van der Waals surface area (Å²) in [6.07, 6.45) is 4.10. The molecule has 1 aliphatic rings. The fourth-order valence-corrected chi connectivity index (χ4v) is 2.84. The lowest BCUT2D eigenvalue weighted by Gasteiger charge is -2.24. The van der Waals surface area contributed by atoms with Gasteiger partial charge in [-0.2, -0.15) is 0 Å². The van der Waals surface area contributed by atoms with E-state index in [-0.39, 0.29) is 0 Å².